The quantitative estimate of drug-likeness (QED) is 0.128. The minimum absolute atomic E-state index is 0.0143. The summed E-state index contributed by atoms with van der Waals surface area (Å²) in [6.45, 7) is 21.4. The lowest BCUT2D eigenvalue weighted by atomic mass is 9.79. The molecule has 4 heteroatoms. The maximum atomic E-state index is 6.64. The third kappa shape index (κ3) is 5.97. The molecule has 0 bridgehead atoms. The van der Waals surface area contributed by atoms with E-state index in [0.717, 1.165) is 23.4 Å². The molecule has 1 aliphatic rings. The summed E-state index contributed by atoms with van der Waals surface area (Å²) in [4.78, 5) is 4.82. The Morgan fingerprint density at radius 2 is 1.69 bits per heavy atom. The number of nitrogens with zero attached hydrogens (tertiary/aromatic N) is 1. The first-order valence-electron chi connectivity index (χ1n) is 15.6. The van der Waals surface area contributed by atoms with Gasteiger partial charge in [-0.25, -0.2) is 0 Å². The Bertz CT molecular complexity index is 1420. The molecule has 0 spiro atoms. The Hall–Kier alpha value is -2.48. The average molecular weight is 586 g/mol. The lowest BCUT2D eigenvalue weighted by molar-refractivity contribution is 0.0488. The van der Waals surface area contributed by atoms with Gasteiger partial charge in [0.15, 0.2) is 6.79 Å². The molecule has 1 saturated carbocycles. The van der Waals surface area contributed by atoms with Crippen molar-refractivity contribution in [2.75, 3.05) is 21.0 Å². The molecule has 0 amide bonds. The number of ether oxygens (including phenoxy) is 2. The number of aryl methyl sites for hydroxylation is 1. The minimum atomic E-state index is -0.147. The molecule has 5 atom stereocenters. The van der Waals surface area contributed by atoms with Crippen LogP contribution in [0.5, 0.6) is 5.75 Å². The fourth-order valence-electron chi connectivity index (χ4n) is 6.86. The van der Waals surface area contributed by atoms with Crippen LogP contribution < -0.4 is 10.0 Å². The predicted octanol–water partition coefficient (Wildman–Crippen LogP) is 9.31. The van der Waals surface area contributed by atoms with Gasteiger partial charge in [-0.1, -0.05) is 131 Å². The normalized spacial score (nSPS) is 22.4. The molecule has 4 rings (SSSR count). The van der Waals surface area contributed by atoms with Gasteiger partial charge in [-0.05, 0) is 47.0 Å². The second kappa shape index (κ2) is 12.6. The van der Waals surface area contributed by atoms with E-state index in [0.29, 0.717) is 20.4 Å². The molecular formula is C38H52NO2P. The van der Waals surface area contributed by atoms with Crippen molar-refractivity contribution in [3.8, 4) is 5.75 Å². The van der Waals surface area contributed by atoms with E-state index in [4.69, 9.17) is 14.5 Å². The molecule has 0 aliphatic heterocycles. The fourth-order valence-corrected chi connectivity index (χ4v) is 8.52. The first-order valence-corrected chi connectivity index (χ1v) is 16.6. The molecule has 0 N–H and O–H groups in total. The van der Waals surface area contributed by atoms with Gasteiger partial charge in [-0.3, -0.25) is 4.99 Å². The van der Waals surface area contributed by atoms with Crippen LogP contribution in [0.15, 0.2) is 65.7 Å². The van der Waals surface area contributed by atoms with Crippen molar-refractivity contribution in [3.05, 3.63) is 94.0 Å². The summed E-state index contributed by atoms with van der Waals surface area (Å²) in [6, 6.07) is 22.1. The number of benzene rings is 3. The van der Waals surface area contributed by atoms with Crippen LogP contribution in [0.4, 0.5) is 0 Å². The van der Waals surface area contributed by atoms with Crippen molar-refractivity contribution in [2.24, 2.45) is 16.8 Å². The SMILES string of the molecule is CCC1[C@@H](C)C1(C)c1cc(C(C)(C)C)cc(C(C)(CC)Pc2c(C)cccc2/C(=N/C)c2ccccc2)c1OCOC. The minimum Gasteiger partial charge on any atom is -0.467 e. The zero-order valence-electron chi connectivity index (χ0n) is 27.8. The van der Waals surface area contributed by atoms with E-state index in [1.165, 1.54) is 39.5 Å². The highest BCUT2D eigenvalue weighted by atomic mass is 31.1. The summed E-state index contributed by atoms with van der Waals surface area (Å²) in [5.74, 6) is 2.30. The van der Waals surface area contributed by atoms with Crippen LogP contribution in [0.2, 0.25) is 0 Å². The standard InChI is InChI=1S/C38H52NO2P/c1-12-30-26(4)38(30,9)32-23-28(36(5,6)7)22-31(34(32)41-24-40-11)37(8,13-2)42-35-25(3)18-17-21-29(35)33(39-10)27-19-15-14-16-20-27/h14-23,26,30,42H,12-13,24H2,1-11H3/b39-33+/t26-,30?,37?,38?/m1/s1. The second-order valence-corrected chi connectivity index (χ2v) is 15.4. The number of hydrogen-bond donors (Lipinski definition) is 0. The molecule has 1 fully saturated rings. The highest BCUT2D eigenvalue weighted by Crippen LogP contribution is 2.64. The van der Waals surface area contributed by atoms with E-state index >= 15 is 0 Å². The van der Waals surface area contributed by atoms with Gasteiger partial charge in [-0.15, -0.1) is 0 Å². The van der Waals surface area contributed by atoms with Gasteiger partial charge in [0, 0.05) is 47.0 Å². The van der Waals surface area contributed by atoms with E-state index in [1.807, 2.05) is 7.05 Å². The van der Waals surface area contributed by atoms with Gasteiger partial charge in [0.2, 0.25) is 0 Å². The molecule has 0 radical (unpaired) electrons. The lowest BCUT2D eigenvalue weighted by Crippen LogP contribution is -2.27. The van der Waals surface area contributed by atoms with Crippen molar-refractivity contribution in [2.45, 2.75) is 91.1 Å². The summed E-state index contributed by atoms with van der Waals surface area (Å²) in [5.41, 5.74) is 8.88. The summed E-state index contributed by atoms with van der Waals surface area (Å²) in [7, 11) is 4.16. The molecule has 0 saturated heterocycles. The summed E-state index contributed by atoms with van der Waals surface area (Å²) < 4.78 is 12.2. The van der Waals surface area contributed by atoms with Crippen molar-refractivity contribution >= 4 is 19.6 Å². The van der Waals surface area contributed by atoms with Crippen LogP contribution >= 0.6 is 8.58 Å². The predicted molar refractivity (Wildman–Crippen MR) is 183 cm³/mol. The van der Waals surface area contributed by atoms with Gasteiger partial charge in [0.25, 0.3) is 0 Å². The molecule has 0 heterocycles. The monoisotopic (exact) mass is 585 g/mol. The maximum absolute atomic E-state index is 6.64. The average Bonchev–Trinajstić information content (AvgIpc) is 3.52. The molecule has 42 heavy (non-hydrogen) atoms. The number of rotatable bonds is 11. The lowest BCUT2D eigenvalue weighted by Gasteiger charge is -2.36. The van der Waals surface area contributed by atoms with Gasteiger partial charge >= 0.3 is 0 Å². The number of hydrogen-bond acceptors (Lipinski definition) is 3. The van der Waals surface area contributed by atoms with Crippen LogP contribution in [0, 0.1) is 18.8 Å². The van der Waals surface area contributed by atoms with E-state index in [-0.39, 0.29) is 22.8 Å². The Morgan fingerprint density at radius 1 is 1.00 bits per heavy atom. The zero-order chi connectivity index (χ0) is 30.9. The Labute approximate surface area is 257 Å². The van der Waals surface area contributed by atoms with E-state index < -0.39 is 0 Å². The largest absolute Gasteiger partial charge is 0.467 e. The molecule has 4 unspecified atom stereocenters. The highest BCUT2D eigenvalue weighted by molar-refractivity contribution is 7.49. The Balaban J connectivity index is 1.96. The Morgan fingerprint density at radius 3 is 2.24 bits per heavy atom. The molecular weight excluding hydrogens is 533 g/mol. The van der Waals surface area contributed by atoms with Crippen LogP contribution in [-0.2, 0) is 20.7 Å². The van der Waals surface area contributed by atoms with Crippen LogP contribution in [0.25, 0.3) is 0 Å². The van der Waals surface area contributed by atoms with Crippen LogP contribution in [0.3, 0.4) is 0 Å². The Kier molecular flexibility index (Phi) is 9.75. The third-order valence-electron chi connectivity index (χ3n) is 10.0. The third-order valence-corrected chi connectivity index (χ3v) is 12.1. The van der Waals surface area contributed by atoms with E-state index in [9.17, 15) is 0 Å². The summed E-state index contributed by atoms with van der Waals surface area (Å²) in [6.07, 6.45) is 2.16. The van der Waals surface area contributed by atoms with Gasteiger partial charge in [0.05, 0.1) is 5.71 Å². The maximum Gasteiger partial charge on any atom is 0.188 e. The number of methoxy groups -OCH3 is 1. The van der Waals surface area contributed by atoms with Crippen molar-refractivity contribution < 1.29 is 9.47 Å². The fraction of sp³-hybridized carbons (Fsp3) is 0.500. The van der Waals surface area contributed by atoms with Gasteiger partial charge in [-0.2, -0.15) is 0 Å². The summed E-state index contributed by atoms with van der Waals surface area (Å²) in [5, 5.41) is 1.23. The van der Waals surface area contributed by atoms with E-state index in [2.05, 4.69) is 123 Å². The molecule has 3 nitrogen and oxygen atoms in total. The second-order valence-electron chi connectivity index (χ2n) is 13.5. The van der Waals surface area contributed by atoms with Crippen molar-refractivity contribution in [3.63, 3.8) is 0 Å². The van der Waals surface area contributed by atoms with Crippen LogP contribution in [-0.4, -0.2) is 26.7 Å². The molecule has 0 aromatic heterocycles. The molecule has 1 aliphatic carbocycles. The highest BCUT2D eigenvalue weighted by Gasteiger charge is 2.59. The molecule has 226 valence electrons. The topological polar surface area (TPSA) is 30.8 Å². The first-order chi connectivity index (χ1) is 19.9. The molecule has 3 aromatic rings. The number of aliphatic imine (C=N–C) groups is 1. The zero-order valence-corrected chi connectivity index (χ0v) is 28.8. The van der Waals surface area contributed by atoms with E-state index in [1.54, 1.807) is 7.11 Å². The first kappa shape index (κ1) is 32.4. The van der Waals surface area contributed by atoms with Gasteiger partial charge in [0.1, 0.15) is 5.75 Å². The summed E-state index contributed by atoms with van der Waals surface area (Å²) >= 11 is 0. The smallest absolute Gasteiger partial charge is 0.188 e. The molecule has 3 aromatic carbocycles. The van der Waals surface area contributed by atoms with Gasteiger partial charge < -0.3 is 9.47 Å². The van der Waals surface area contributed by atoms with Crippen LogP contribution in [0.1, 0.15) is 102 Å². The van der Waals surface area contributed by atoms with Crippen molar-refractivity contribution in [1.82, 2.24) is 0 Å². The van der Waals surface area contributed by atoms with Crippen molar-refractivity contribution in [1.29, 1.82) is 0 Å².